The molecule has 1 saturated carbocycles. The second kappa shape index (κ2) is 6.48. The molecule has 4 nitrogen and oxygen atoms in total. The number of nitrogens with one attached hydrogen (secondary N) is 1. The largest absolute Gasteiger partial charge is 0.492 e. The minimum atomic E-state index is 0.146. The summed E-state index contributed by atoms with van der Waals surface area (Å²) in [7, 11) is 0. The highest BCUT2D eigenvalue weighted by Crippen LogP contribution is 2.24. The highest BCUT2D eigenvalue weighted by molar-refractivity contribution is 5.78. The van der Waals surface area contributed by atoms with E-state index in [4.69, 9.17) is 4.74 Å². The zero-order chi connectivity index (χ0) is 14.7. The monoisotopic (exact) mass is 288 g/mol. The van der Waals surface area contributed by atoms with Gasteiger partial charge in [-0.1, -0.05) is 31.0 Å². The van der Waals surface area contributed by atoms with Crippen LogP contribution in [0.15, 0.2) is 24.3 Å². The van der Waals surface area contributed by atoms with E-state index in [1.54, 1.807) is 0 Å². The predicted octanol–water partition coefficient (Wildman–Crippen LogP) is 2.33. The molecule has 4 heteroatoms. The number of hydrogen-bond acceptors (Lipinski definition) is 3. The quantitative estimate of drug-likeness (QED) is 0.928. The molecule has 1 atom stereocenters. The van der Waals surface area contributed by atoms with Gasteiger partial charge in [0.15, 0.2) is 0 Å². The Morgan fingerprint density at radius 1 is 1.33 bits per heavy atom. The fraction of sp³-hybridized carbons (Fsp3) is 0.588. The molecule has 0 saturated heterocycles. The molecule has 0 aromatic heterocycles. The minimum absolute atomic E-state index is 0.146. The standard InChI is InChI=1S/C17H24N2O2/c1-13-12-21-16-9-5-2-6-14(16)10-19(13)11-17(20)18-15-7-3-4-8-15/h2,5-6,9,13,15H,3-4,7-8,10-12H2,1H3,(H,18,20)/t13-/m0/s1. The number of para-hydroxylation sites is 1. The Balaban J connectivity index is 1.62. The Bertz CT molecular complexity index is 497. The lowest BCUT2D eigenvalue weighted by Gasteiger charge is -2.26. The Morgan fingerprint density at radius 3 is 2.90 bits per heavy atom. The van der Waals surface area contributed by atoms with E-state index >= 15 is 0 Å². The van der Waals surface area contributed by atoms with Crippen molar-refractivity contribution in [1.29, 1.82) is 0 Å². The number of carbonyl (C=O) groups excluding carboxylic acids is 1. The third-order valence-corrected chi connectivity index (χ3v) is 4.52. The van der Waals surface area contributed by atoms with Gasteiger partial charge in [0.2, 0.25) is 5.91 Å². The molecule has 21 heavy (non-hydrogen) atoms. The number of benzene rings is 1. The van der Waals surface area contributed by atoms with Crippen molar-refractivity contribution in [3.05, 3.63) is 29.8 Å². The first kappa shape index (κ1) is 14.4. The summed E-state index contributed by atoms with van der Waals surface area (Å²) < 4.78 is 5.83. The van der Waals surface area contributed by atoms with Crippen LogP contribution in [0, 0.1) is 0 Å². The Labute approximate surface area is 126 Å². The van der Waals surface area contributed by atoms with Crippen LogP contribution in [0.5, 0.6) is 5.75 Å². The van der Waals surface area contributed by atoms with E-state index in [9.17, 15) is 4.79 Å². The lowest BCUT2D eigenvalue weighted by Crippen LogP contribution is -2.44. The molecular weight excluding hydrogens is 264 g/mol. The SMILES string of the molecule is C[C@H]1COc2ccccc2CN1CC(=O)NC1CCCC1. The van der Waals surface area contributed by atoms with Crippen LogP contribution in [-0.2, 0) is 11.3 Å². The van der Waals surface area contributed by atoms with Gasteiger partial charge in [0.25, 0.3) is 0 Å². The molecular formula is C17H24N2O2. The summed E-state index contributed by atoms with van der Waals surface area (Å²) in [4.78, 5) is 14.4. The van der Waals surface area contributed by atoms with Crippen LogP contribution in [0.25, 0.3) is 0 Å². The molecule has 3 rings (SSSR count). The third kappa shape index (κ3) is 3.56. The molecule has 2 aliphatic rings. The molecule has 1 aliphatic carbocycles. The molecule has 1 fully saturated rings. The molecule has 1 aromatic rings. The van der Waals surface area contributed by atoms with Crippen LogP contribution in [0.1, 0.15) is 38.2 Å². The normalized spacial score (nSPS) is 23.2. The minimum Gasteiger partial charge on any atom is -0.492 e. The maximum Gasteiger partial charge on any atom is 0.234 e. The van der Waals surface area contributed by atoms with E-state index < -0.39 is 0 Å². The van der Waals surface area contributed by atoms with Gasteiger partial charge in [-0.25, -0.2) is 0 Å². The van der Waals surface area contributed by atoms with E-state index in [2.05, 4.69) is 23.2 Å². The predicted molar refractivity (Wildman–Crippen MR) is 82.2 cm³/mol. The van der Waals surface area contributed by atoms with Crippen molar-refractivity contribution in [2.24, 2.45) is 0 Å². The van der Waals surface area contributed by atoms with E-state index in [1.165, 1.54) is 12.8 Å². The van der Waals surface area contributed by atoms with Crippen molar-refractivity contribution in [1.82, 2.24) is 10.2 Å². The number of hydrogen-bond donors (Lipinski definition) is 1. The van der Waals surface area contributed by atoms with Gasteiger partial charge >= 0.3 is 0 Å². The lowest BCUT2D eigenvalue weighted by atomic mass is 10.2. The Hall–Kier alpha value is -1.55. The fourth-order valence-electron chi connectivity index (χ4n) is 3.21. The number of fused-ring (bicyclic) bond motifs is 1. The van der Waals surface area contributed by atoms with Crippen molar-refractivity contribution in [3.63, 3.8) is 0 Å². The zero-order valence-corrected chi connectivity index (χ0v) is 12.7. The van der Waals surface area contributed by atoms with Gasteiger partial charge in [-0.2, -0.15) is 0 Å². The van der Waals surface area contributed by atoms with Gasteiger partial charge in [0.05, 0.1) is 6.54 Å². The molecule has 0 spiro atoms. The average Bonchev–Trinajstić information content (AvgIpc) is 2.92. The Kier molecular flexibility index (Phi) is 4.44. The lowest BCUT2D eigenvalue weighted by molar-refractivity contribution is -0.123. The molecule has 1 aliphatic heterocycles. The van der Waals surface area contributed by atoms with Crippen molar-refractivity contribution in [3.8, 4) is 5.75 Å². The number of rotatable bonds is 3. The third-order valence-electron chi connectivity index (χ3n) is 4.52. The molecule has 0 bridgehead atoms. The van der Waals surface area contributed by atoms with Gasteiger partial charge in [0, 0.05) is 24.2 Å². The first-order chi connectivity index (χ1) is 10.2. The molecule has 114 valence electrons. The van der Waals surface area contributed by atoms with Crippen LogP contribution < -0.4 is 10.1 Å². The van der Waals surface area contributed by atoms with E-state index in [0.717, 1.165) is 30.7 Å². The average molecular weight is 288 g/mol. The van der Waals surface area contributed by atoms with Crippen molar-refractivity contribution >= 4 is 5.91 Å². The maximum absolute atomic E-state index is 12.2. The number of amides is 1. The summed E-state index contributed by atoms with van der Waals surface area (Å²) in [5.41, 5.74) is 1.16. The number of nitrogens with zero attached hydrogens (tertiary/aromatic N) is 1. The van der Waals surface area contributed by atoms with Gasteiger partial charge < -0.3 is 10.1 Å². The van der Waals surface area contributed by atoms with Crippen LogP contribution in [0.4, 0.5) is 0 Å². The summed E-state index contributed by atoms with van der Waals surface area (Å²) in [5.74, 6) is 1.09. The van der Waals surface area contributed by atoms with Crippen molar-refractivity contribution in [2.75, 3.05) is 13.2 Å². The van der Waals surface area contributed by atoms with Gasteiger partial charge in [-0.3, -0.25) is 9.69 Å². The topological polar surface area (TPSA) is 41.6 Å². The molecule has 1 aromatic carbocycles. The summed E-state index contributed by atoms with van der Waals surface area (Å²) in [6, 6.07) is 8.73. The maximum atomic E-state index is 12.2. The first-order valence-electron chi connectivity index (χ1n) is 7.96. The summed E-state index contributed by atoms with van der Waals surface area (Å²) in [6.45, 7) is 3.98. The first-order valence-corrected chi connectivity index (χ1v) is 7.96. The second-order valence-electron chi connectivity index (χ2n) is 6.22. The molecule has 1 heterocycles. The van der Waals surface area contributed by atoms with Gasteiger partial charge in [0.1, 0.15) is 12.4 Å². The van der Waals surface area contributed by atoms with Crippen LogP contribution in [-0.4, -0.2) is 36.0 Å². The fourth-order valence-corrected chi connectivity index (χ4v) is 3.21. The van der Waals surface area contributed by atoms with Crippen molar-refractivity contribution < 1.29 is 9.53 Å². The smallest absolute Gasteiger partial charge is 0.234 e. The van der Waals surface area contributed by atoms with E-state index in [-0.39, 0.29) is 11.9 Å². The van der Waals surface area contributed by atoms with Gasteiger partial charge in [-0.15, -0.1) is 0 Å². The zero-order valence-electron chi connectivity index (χ0n) is 12.7. The molecule has 0 unspecified atom stereocenters. The summed E-state index contributed by atoms with van der Waals surface area (Å²) in [6.07, 6.45) is 4.75. The highest BCUT2D eigenvalue weighted by atomic mass is 16.5. The molecule has 1 amide bonds. The van der Waals surface area contributed by atoms with Gasteiger partial charge in [-0.05, 0) is 25.8 Å². The van der Waals surface area contributed by atoms with E-state index in [1.807, 2.05) is 18.2 Å². The Morgan fingerprint density at radius 2 is 2.10 bits per heavy atom. The highest BCUT2D eigenvalue weighted by Gasteiger charge is 2.24. The summed E-state index contributed by atoms with van der Waals surface area (Å²) >= 11 is 0. The number of ether oxygens (including phenoxy) is 1. The van der Waals surface area contributed by atoms with Crippen LogP contribution >= 0.6 is 0 Å². The van der Waals surface area contributed by atoms with E-state index in [0.29, 0.717) is 19.2 Å². The molecule has 1 N–H and O–H groups in total. The summed E-state index contributed by atoms with van der Waals surface area (Å²) in [5, 5.41) is 3.17. The van der Waals surface area contributed by atoms with Crippen LogP contribution in [0.2, 0.25) is 0 Å². The van der Waals surface area contributed by atoms with Crippen LogP contribution in [0.3, 0.4) is 0 Å². The number of carbonyl (C=O) groups is 1. The molecule has 0 radical (unpaired) electrons. The van der Waals surface area contributed by atoms with Crippen molar-refractivity contribution in [2.45, 2.75) is 51.2 Å². The second-order valence-corrected chi connectivity index (χ2v) is 6.22.